The molecule has 0 radical (unpaired) electrons. The van der Waals surface area contributed by atoms with Gasteiger partial charge in [0.05, 0.1) is 0 Å². The molecule has 0 N–H and O–H groups in total. The average Bonchev–Trinajstić information content (AvgIpc) is 2.40. The molecule has 2 aliphatic heterocycles. The van der Waals surface area contributed by atoms with Gasteiger partial charge < -0.3 is 0 Å². The Morgan fingerprint density at radius 1 is 1.00 bits per heavy atom. The van der Waals surface area contributed by atoms with Crippen LogP contribution in [-0.2, 0) is 10.2 Å². The minimum atomic E-state index is -3.18. The zero-order valence-electron chi connectivity index (χ0n) is 11.0. The van der Waals surface area contributed by atoms with Gasteiger partial charge in [-0.25, -0.2) is 0 Å². The summed E-state index contributed by atoms with van der Waals surface area (Å²) in [6.45, 7) is 4.92. The number of alkyl halides is 1. The fraction of sp³-hybridized carbons (Fsp3) is 1.00. The van der Waals surface area contributed by atoms with E-state index >= 15 is 0 Å². The summed E-state index contributed by atoms with van der Waals surface area (Å²) in [6, 6.07) is 0. The van der Waals surface area contributed by atoms with E-state index in [0.717, 1.165) is 32.1 Å². The summed E-state index contributed by atoms with van der Waals surface area (Å²) in [6.07, 6.45) is 5.12. The minimum Gasteiger partial charge on any atom is -0.195 e. The first-order valence-corrected chi connectivity index (χ1v) is 9.22. The quantitative estimate of drug-likeness (QED) is 0.740. The SMILES string of the molecule is CC(Br)C1CCN(S(=O)(=O)N2CCCCC2)CC1. The first-order chi connectivity index (χ1) is 8.51. The molecule has 2 heterocycles. The van der Waals surface area contributed by atoms with Crippen molar-refractivity contribution in [3.8, 4) is 0 Å². The molecule has 0 aromatic rings. The van der Waals surface area contributed by atoms with Crippen LogP contribution in [-0.4, -0.2) is 48.0 Å². The van der Waals surface area contributed by atoms with Crippen molar-refractivity contribution in [3.05, 3.63) is 0 Å². The zero-order chi connectivity index (χ0) is 13.2. The predicted octanol–water partition coefficient (Wildman–Crippen LogP) is 2.21. The van der Waals surface area contributed by atoms with Gasteiger partial charge in [-0.1, -0.05) is 29.3 Å². The van der Waals surface area contributed by atoms with Crippen molar-refractivity contribution in [3.63, 3.8) is 0 Å². The molecule has 0 bridgehead atoms. The standard InChI is InChI=1S/C12H23BrN2O2S/c1-11(13)12-5-9-15(10-6-12)18(16,17)14-7-3-2-4-8-14/h11-12H,2-10H2,1H3. The van der Waals surface area contributed by atoms with E-state index in [2.05, 4.69) is 22.9 Å². The highest BCUT2D eigenvalue weighted by Crippen LogP contribution is 2.27. The summed E-state index contributed by atoms with van der Waals surface area (Å²) >= 11 is 3.60. The maximum Gasteiger partial charge on any atom is 0.281 e. The summed E-state index contributed by atoms with van der Waals surface area (Å²) in [7, 11) is -3.18. The smallest absolute Gasteiger partial charge is 0.195 e. The van der Waals surface area contributed by atoms with Crippen molar-refractivity contribution in [2.24, 2.45) is 5.92 Å². The highest BCUT2D eigenvalue weighted by molar-refractivity contribution is 9.09. The van der Waals surface area contributed by atoms with Crippen molar-refractivity contribution in [1.82, 2.24) is 8.61 Å². The van der Waals surface area contributed by atoms with Gasteiger partial charge in [-0.3, -0.25) is 0 Å². The first kappa shape index (κ1) is 14.8. The van der Waals surface area contributed by atoms with Crippen LogP contribution in [0.25, 0.3) is 0 Å². The molecule has 0 amide bonds. The van der Waals surface area contributed by atoms with E-state index in [1.807, 2.05) is 0 Å². The first-order valence-electron chi connectivity index (χ1n) is 6.91. The molecule has 2 aliphatic rings. The molecule has 2 saturated heterocycles. The van der Waals surface area contributed by atoms with Crippen LogP contribution in [0.15, 0.2) is 0 Å². The molecule has 0 aromatic carbocycles. The third kappa shape index (κ3) is 3.26. The normalized spacial score (nSPS) is 27.2. The zero-order valence-corrected chi connectivity index (χ0v) is 13.4. The van der Waals surface area contributed by atoms with Gasteiger partial charge in [0.25, 0.3) is 10.2 Å². The Hall–Kier alpha value is 0.350. The lowest BCUT2D eigenvalue weighted by Crippen LogP contribution is -2.49. The Balaban J connectivity index is 1.95. The van der Waals surface area contributed by atoms with Gasteiger partial charge in [-0.15, -0.1) is 0 Å². The third-order valence-corrected chi connectivity index (χ3v) is 6.90. The van der Waals surface area contributed by atoms with E-state index in [0.29, 0.717) is 36.9 Å². The van der Waals surface area contributed by atoms with Crippen molar-refractivity contribution in [2.45, 2.75) is 43.9 Å². The van der Waals surface area contributed by atoms with Crippen molar-refractivity contribution < 1.29 is 8.42 Å². The fourth-order valence-corrected chi connectivity index (χ4v) is 5.07. The maximum atomic E-state index is 12.5. The topological polar surface area (TPSA) is 40.6 Å². The highest BCUT2D eigenvalue weighted by atomic mass is 79.9. The molecule has 1 unspecified atom stereocenters. The predicted molar refractivity (Wildman–Crippen MR) is 77.0 cm³/mol. The van der Waals surface area contributed by atoms with E-state index in [9.17, 15) is 8.42 Å². The van der Waals surface area contributed by atoms with Crippen LogP contribution < -0.4 is 0 Å². The van der Waals surface area contributed by atoms with Gasteiger partial charge in [0.1, 0.15) is 0 Å². The van der Waals surface area contributed by atoms with Gasteiger partial charge in [-0.05, 0) is 31.6 Å². The van der Waals surface area contributed by atoms with Gasteiger partial charge in [0, 0.05) is 31.0 Å². The summed E-state index contributed by atoms with van der Waals surface area (Å²) < 4.78 is 28.3. The lowest BCUT2D eigenvalue weighted by atomic mass is 9.96. The van der Waals surface area contributed by atoms with Crippen LogP contribution >= 0.6 is 15.9 Å². The van der Waals surface area contributed by atoms with Crippen LogP contribution in [0.4, 0.5) is 0 Å². The lowest BCUT2D eigenvalue weighted by molar-refractivity contribution is 0.245. The van der Waals surface area contributed by atoms with E-state index in [1.165, 1.54) is 0 Å². The number of hydrogen-bond acceptors (Lipinski definition) is 2. The van der Waals surface area contributed by atoms with Gasteiger partial charge in [0.2, 0.25) is 0 Å². The van der Waals surface area contributed by atoms with Crippen molar-refractivity contribution in [2.75, 3.05) is 26.2 Å². The second-order valence-corrected chi connectivity index (χ2v) is 8.75. The molecule has 2 fully saturated rings. The molecule has 0 spiro atoms. The van der Waals surface area contributed by atoms with Crippen LogP contribution in [0, 0.1) is 5.92 Å². The summed E-state index contributed by atoms with van der Waals surface area (Å²) in [4.78, 5) is 0.484. The summed E-state index contributed by atoms with van der Waals surface area (Å²) in [5.74, 6) is 0.609. The molecular formula is C12H23BrN2O2S. The number of nitrogens with zero attached hydrogens (tertiary/aromatic N) is 2. The Morgan fingerprint density at radius 3 is 2.00 bits per heavy atom. The number of rotatable bonds is 3. The monoisotopic (exact) mass is 338 g/mol. The highest BCUT2D eigenvalue weighted by Gasteiger charge is 2.34. The van der Waals surface area contributed by atoms with E-state index in [1.54, 1.807) is 8.61 Å². The molecule has 6 heteroatoms. The third-order valence-electron chi connectivity index (χ3n) is 4.12. The molecule has 0 aliphatic carbocycles. The fourth-order valence-electron chi connectivity index (χ4n) is 2.82. The molecule has 4 nitrogen and oxygen atoms in total. The van der Waals surface area contributed by atoms with Crippen LogP contribution in [0.2, 0.25) is 0 Å². The van der Waals surface area contributed by atoms with Crippen LogP contribution in [0.5, 0.6) is 0 Å². The Morgan fingerprint density at radius 2 is 1.50 bits per heavy atom. The van der Waals surface area contributed by atoms with Crippen LogP contribution in [0.3, 0.4) is 0 Å². The molecule has 0 saturated carbocycles. The maximum absolute atomic E-state index is 12.5. The second-order valence-electron chi connectivity index (χ2n) is 5.38. The number of piperidine rings is 2. The molecular weight excluding hydrogens is 316 g/mol. The summed E-state index contributed by atoms with van der Waals surface area (Å²) in [5.41, 5.74) is 0. The van der Waals surface area contributed by atoms with E-state index < -0.39 is 10.2 Å². The van der Waals surface area contributed by atoms with Gasteiger partial charge >= 0.3 is 0 Å². The summed E-state index contributed by atoms with van der Waals surface area (Å²) in [5, 5.41) is 0. The van der Waals surface area contributed by atoms with E-state index in [4.69, 9.17) is 0 Å². The Labute approximate surface area is 119 Å². The van der Waals surface area contributed by atoms with Crippen molar-refractivity contribution in [1.29, 1.82) is 0 Å². The van der Waals surface area contributed by atoms with Crippen molar-refractivity contribution >= 4 is 26.1 Å². The number of hydrogen-bond donors (Lipinski definition) is 0. The second kappa shape index (κ2) is 6.20. The lowest BCUT2D eigenvalue weighted by Gasteiger charge is -2.36. The number of halogens is 1. The Kier molecular flexibility index (Phi) is 5.08. The molecule has 106 valence electrons. The van der Waals surface area contributed by atoms with Crippen LogP contribution in [0.1, 0.15) is 39.0 Å². The molecule has 0 aromatic heterocycles. The largest absolute Gasteiger partial charge is 0.281 e. The average molecular weight is 339 g/mol. The molecule has 2 rings (SSSR count). The molecule has 18 heavy (non-hydrogen) atoms. The minimum absolute atomic E-state index is 0.484. The van der Waals surface area contributed by atoms with E-state index in [-0.39, 0.29) is 0 Å². The van der Waals surface area contributed by atoms with Gasteiger partial charge in [-0.2, -0.15) is 17.0 Å². The molecule has 1 atom stereocenters. The Bertz CT molecular complexity index is 358. The van der Waals surface area contributed by atoms with Gasteiger partial charge in [0.15, 0.2) is 0 Å².